The number of methoxy groups -OCH3 is 2. The van der Waals surface area contributed by atoms with Crippen LogP contribution in [0.25, 0.3) is 0 Å². The molecule has 0 saturated carbocycles. The minimum absolute atomic E-state index is 0.00709. The second-order valence-corrected chi connectivity index (χ2v) is 9.06. The number of nitrogens with zero attached hydrogens (tertiary/aromatic N) is 3. The van der Waals surface area contributed by atoms with Crippen LogP contribution in [0.2, 0.25) is 0 Å². The van der Waals surface area contributed by atoms with E-state index < -0.39 is 32.1 Å². The lowest BCUT2D eigenvalue weighted by molar-refractivity contribution is -0.385. The van der Waals surface area contributed by atoms with Gasteiger partial charge in [0.05, 0.1) is 30.1 Å². The van der Waals surface area contributed by atoms with Crippen molar-refractivity contribution in [2.24, 2.45) is 0 Å². The van der Waals surface area contributed by atoms with Crippen LogP contribution in [-0.4, -0.2) is 43.7 Å². The Morgan fingerprint density at radius 2 is 1.77 bits per heavy atom. The Kier molecular flexibility index (Phi) is 6.46. The number of nitro benzene ring substituents is 1. The summed E-state index contributed by atoms with van der Waals surface area (Å²) in [4.78, 5) is 23.4. The van der Waals surface area contributed by atoms with Crippen LogP contribution in [-0.2, 0) is 15.6 Å². The van der Waals surface area contributed by atoms with Crippen LogP contribution in [0.3, 0.4) is 0 Å². The van der Waals surface area contributed by atoms with Crippen LogP contribution in [0.1, 0.15) is 15.4 Å². The summed E-state index contributed by atoms with van der Waals surface area (Å²) in [7, 11) is -0.998. The minimum atomic E-state index is -3.64. The summed E-state index contributed by atoms with van der Waals surface area (Å²) in [5, 5.41) is 21.5. The molecule has 162 valence electrons. The van der Waals surface area contributed by atoms with Crippen molar-refractivity contribution in [3.63, 3.8) is 0 Å². The van der Waals surface area contributed by atoms with Crippen molar-refractivity contribution in [1.29, 1.82) is 0 Å². The molecule has 0 aliphatic rings. The molecule has 13 heteroatoms. The molecule has 31 heavy (non-hydrogen) atoms. The van der Waals surface area contributed by atoms with Gasteiger partial charge in [-0.2, -0.15) is 0 Å². The van der Waals surface area contributed by atoms with Gasteiger partial charge in [0.2, 0.25) is 5.13 Å². The maximum absolute atomic E-state index is 12.6. The van der Waals surface area contributed by atoms with Gasteiger partial charge in [0.15, 0.2) is 21.3 Å². The molecule has 0 fully saturated rings. The van der Waals surface area contributed by atoms with E-state index >= 15 is 0 Å². The Hall–Kier alpha value is -3.58. The first-order valence-corrected chi connectivity index (χ1v) is 11.0. The molecule has 0 spiro atoms. The lowest BCUT2D eigenvalue weighted by Gasteiger charge is -2.10. The number of carbonyl (C=O) groups is 1. The highest BCUT2D eigenvalue weighted by atomic mass is 32.2. The van der Waals surface area contributed by atoms with Gasteiger partial charge in [0.1, 0.15) is 16.3 Å². The largest absolute Gasteiger partial charge is 0.493 e. The Bertz CT molecular complexity index is 1230. The number of nitro groups is 1. The van der Waals surface area contributed by atoms with Crippen LogP contribution in [0, 0.1) is 10.1 Å². The fourth-order valence-corrected chi connectivity index (χ4v) is 4.95. The zero-order valence-electron chi connectivity index (χ0n) is 16.3. The zero-order valence-corrected chi connectivity index (χ0v) is 17.9. The number of ether oxygens (including phenoxy) is 2. The average Bonchev–Trinajstić information content (AvgIpc) is 3.18. The van der Waals surface area contributed by atoms with E-state index in [2.05, 4.69) is 15.5 Å². The van der Waals surface area contributed by atoms with Crippen LogP contribution >= 0.6 is 11.3 Å². The van der Waals surface area contributed by atoms with Gasteiger partial charge in [-0.25, -0.2) is 8.42 Å². The van der Waals surface area contributed by atoms with Gasteiger partial charge in [0.25, 0.3) is 11.6 Å². The number of amides is 1. The second-order valence-electron chi connectivity index (χ2n) is 6.01. The Balaban J connectivity index is 1.82. The predicted molar refractivity (Wildman–Crippen MR) is 111 cm³/mol. The lowest BCUT2D eigenvalue weighted by Crippen LogP contribution is -2.14. The van der Waals surface area contributed by atoms with Gasteiger partial charge in [-0.1, -0.05) is 29.5 Å². The van der Waals surface area contributed by atoms with Crippen molar-refractivity contribution in [2.45, 2.75) is 10.6 Å². The molecule has 0 unspecified atom stereocenters. The molecule has 0 bridgehead atoms. The van der Waals surface area contributed by atoms with Gasteiger partial charge in [-0.15, -0.1) is 10.2 Å². The Morgan fingerprint density at radius 1 is 1.13 bits per heavy atom. The van der Waals surface area contributed by atoms with Crippen molar-refractivity contribution in [1.82, 2.24) is 10.2 Å². The third kappa shape index (κ3) is 4.95. The Morgan fingerprint density at radius 3 is 2.39 bits per heavy atom. The number of nitrogens with one attached hydrogen (secondary N) is 1. The predicted octanol–water partition coefficient (Wildman–Crippen LogP) is 2.69. The molecule has 1 N–H and O–H groups in total. The van der Waals surface area contributed by atoms with Gasteiger partial charge in [0, 0.05) is 6.07 Å². The summed E-state index contributed by atoms with van der Waals surface area (Å²) in [6.07, 6.45) is 0. The van der Waals surface area contributed by atoms with Crippen LogP contribution in [0.5, 0.6) is 11.5 Å². The second kappa shape index (κ2) is 9.06. The molecule has 2 aromatic carbocycles. The third-order valence-electron chi connectivity index (χ3n) is 4.05. The van der Waals surface area contributed by atoms with Crippen LogP contribution in [0.4, 0.5) is 10.8 Å². The highest BCUT2D eigenvalue weighted by Crippen LogP contribution is 2.35. The zero-order chi connectivity index (χ0) is 22.6. The van der Waals surface area contributed by atoms with E-state index in [1.165, 1.54) is 32.4 Å². The highest BCUT2D eigenvalue weighted by molar-refractivity contribution is 7.90. The van der Waals surface area contributed by atoms with Crippen molar-refractivity contribution in [3.05, 3.63) is 63.1 Å². The van der Waals surface area contributed by atoms with Crippen molar-refractivity contribution >= 4 is 37.9 Å². The molecule has 0 atom stereocenters. The summed E-state index contributed by atoms with van der Waals surface area (Å²) >= 11 is 0.850. The summed E-state index contributed by atoms with van der Waals surface area (Å²) < 4.78 is 35.0. The standard InChI is InChI=1S/C18H16N4O7S2/c1-28-14-8-12(13(22(24)25)9-15(14)29-2)17(23)19-18-21-20-16(30-18)10-31(26,27)11-6-4-3-5-7-11/h3-9H,10H2,1-2H3,(H,19,21,23). The Labute approximate surface area is 180 Å². The average molecular weight is 464 g/mol. The lowest BCUT2D eigenvalue weighted by atomic mass is 10.1. The molecule has 0 aliphatic carbocycles. The van der Waals surface area contributed by atoms with E-state index in [-0.39, 0.29) is 32.1 Å². The van der Waals surface area contributed by atoms with E-state index in [0.717, 1.165) is 17.4 Å². The number of sulfone groups is 1. The number of hydrogen-bond donors (Lipinski definition) is 1. The number of anilines is 1. The molecule has 0 radical (unpaired) electrons. The van der Waals surface area contributed by atoms with Gasteiger partial charge < -0.3 is 9.47 Å². The summed E-state index contributed by atoms with van der Waals surface area (Å²) in [5.74, 6) is -1.01. The minimum Gasteiger partial charge on any atom is -0.493 e. The molecule has 0 aliphatic heterocycles. The van der Waals surface area contributed by atoms with Crippen molar-refractivity contribution in [2.75, 3.05) is 19.5 Å². The number of carbonyl (C=O) groups excluding carboxylic acids is 1. The van der Waals surface area contributed by atoms with Gasteiger partial charge in [-0.05, 0) is 12.1 Å². The quantitative estimate of drug-likeness (QED) is 0.392. The van der Waals surface area contributed by atoms with E-state index in [1.54, 1.807) is 18.2 Å². The fraction of sp³-hybridized carbons (Fsp3) is 0.167. The molecule has 1 aromatic heterocycles. The molecule has 1 heterocycles. The van der Waals surface area contributed by atoms with Crippen molar-refractivity contribution in [3.8, 4) is 11.5 Å². The summed E-state index contributed by atoms with van der Waals surface area (Å²) in [6.45, 7) is 0. The summed E-state index contributed by atoms with van der Waals surface area (Å²) in [5.41, 5.74) is -0.775. The molecule has 3 aromatic rings. The molecule has 3 rings (SSSR count). The number of rotatable bonds is 8. The fourth-order valence-electron chi connectivity index (χ4n) is 2.60. The van der Waals surface area contributed by atoms with E-state index in [9.17, 15) is 23.3 Å². The number of hydrogen-bond acceptors (Lipinski definition) is 10. The summed E-state index contributed by atoms with van der Waals surface area (Å²) in [6, 6.07) is 10.1. The first kappa shape index (κ1) is 22.1. The third-order valence-corrected chi connectivity index (χ3v) is 6.71. The number of aromatic nitrogens is 2. The van der Waals surface area contributed by atoms with E-state index in [0.29, 0.717) is 0 Å². The molecule has 1 amide bonds. The molecular formula is C18H16N4O7S2. The van der Waals surface area contributed by atoms with Gasteiger partial charge >= 0.3 is 0 Å². The topological polar surface area (TPSA) is 151 Å². The SMILES string of the molecule is COc1cc(C(=O)Nc2nnc(CS(=O)(=O)c3ccccc3)s2)c([N+](=O)[O-])cc1OC. The van der Waals surface area contributed by atoms with Crippen molar-refractivity contribution < 1.29 is 27.6 Å². The first-order chi connectivity index (χ1) is 14.7. The molecule has 11 nitrogen and oxygen atoms in total. The van der Waals surface area contributed by atoms with Crippen LogP contribution in [0.15, 0.2) is 47.4 Å². The highest BCUT2D eigenvalue weighted by Gasteiger charge is 2.26. The smallest absolute Gasteiger partial charge is 0.286 e. The molecular weight excluding hydrogens is 448 g/mol. The van der Waals surface area contributed by atoms with E-state index in [1.807, 2.05) is 0 Å². The normalized spacial score (nSPS) is 11.0. The molecule has 0 saturated heterocycles. The number of benzene rings is 2. The monoisotopic (exact) mass is 464 g/mol. The maximum Gasteiger partial charge on any atom is 0.286 e. The van der Waals surface area contributed by atoms with Gasteiger partial charge in [-0.3, -0.25) is 20.2 Å². The van der Waals surface area contributed by atoms with E-state index in [4.69, 9.17) is 9.47 Å². The van der Waals surface area contributed by atoms with Crippen LogP contribution < -0.4 is 14.8 Å². The maximum atomic E-state index is 12.6. The first-order valence-electron chi connectivity index (χ1n) is 8.57.